The van der Waals surface area contributed by atoms with Gasteiger partial charge >= 0.3 is 0 Å². The Kier molecular flexibility index (Phi) is 5.02. The molecular formula is C20H26N4O. The van der Waals surface area contributed by atoms with Crippen LogP contribution in [0.5, 0.6) is 0 Å². The zero-order chi connectivity index (χ0) is 17.9. The number of benzene rings is 1. The summed E-state index contributed by atoms with van der Waals surface area (Å²) in [7, 11) is 0. The molecule has 0 bridgehead atoms. The van der Waals surface area contributed by atoms with Crippen molar-refractivity contribution in [3.8, 4) is 11.4 Å². The Hall–Kier alpha value is -2.43. The second-order valence-electron chi connectivity index (χ2n) is 7.66. The summed E-state index contributed by atoms with van der Waals surface area (Å²) >= 11 is 0. The SMILES string of the molecule is CC(C)(C)Nc1cc(C(=O)NC2CCCC2)nc(-c2ccccc2)n1. The Labute approximate surface area is 149 Å². The highest BCUT2D eigenvalue weighted by Crippen LogP contribution is 2.21. The molecule has 2 aromatic rings. The van der Waals surface area contributed by atoms with Crippen molar-refractivity contribution in [3.63, 3.8) is 0 Å². The van der Waals surface area contributed by atoms with E-state index in [1.807, 2.05) is 30.3 Å². The van der Waals surface area contributed by atoms with Crippen LogP contribution in [0.4, 0.5) is 5.82 Å². The average Bonchev–Trinajstić information content (AvgIpc) is 3.07. The van der Waals surface area contributed by atoms with Crippen LogP contribution in [0.25, 0.3) is 11.4 Å². The van der Waals surface area contributed by atoms with Crippen molar-refractivity contribution in [1.82, 2.24) is 15.3 Å². The smallest absolute Gasteiger partial charge is 0.270 e. The lowest BCUT2D eigenvalue weighted by Gasteiger charge is -2.22. The minimum atomic E-state index is -0.151. The van der Waals surface area contributed by atoms with Gasteiger partial charge in [-0.1, -0.05) is 43.2 Å². The van der Waals surface area contributed by atoms with E-state index < -0.39 is 0 Å². The number of carbonyl (C=O) groups is 1. The van der Waals surface area contributed by atoms with E-state index in [0.717, 1.165) is 18.4 Å². The predicted octanol–water partition coefficient (Wildman–Crippen LogP) is 4.03. The number of carbonyl (C=O) groups excluding carboxylic acids is 1. The molecule has 5 heteroatoms. The molecule has 25 heavy (non-hydrogen) atoms. The van der Waals surface area contributed by atoms with E-state index in [9.17, 15) is 4.79 Å². The van der Waals surface area contributed by atoms with Gasteiger partial charge in [0, 0.05) is 23.2 Å². The number of aromatic nitrogens is 2. The highest BCUT2D eigenvalue weighted by molar-refractivity contribution is 5.93. The van der Waals surface area contributed by atoms with E-state index in [0.29, 0.717) is 17.3 Å². The van der Waals surface area contributed by atoms with Gasteiger partial charge < -0.3 is 10.6 Å². The molecule has 0 saturated heterocycles. The van der Waals surface area contributed by atoms with Crippen LogP contribution in [-0.4, -0.2) is 27.5 Å². The van der Waals surface area contributed by atoms with E-state index in [2.05, 4.69) is 41.4 Å². The lowest BCUT2D eigenvalue weighted by molar-refractivity contribution is 0.0933. The molecule has 1 aromatic heterocycles. The molecule has 1 aromatic carbocycles. The quantitative estimate of drug-likeness (QED) is 0.883. The van der Waals surface area contributed by atoms with Gasteiger partial charge in [-0.05, 0) is 33.6 Å². The van der Waals surface area contributed by atoms with Crippen LogP contribution >= 0.6 is 0 Å². The van der Waals surface area contributed by atoms with Crippen LogP contribution in [-0.2, 0) is 0 Å². The van der Waals surface area contributed by atoms with Crippen molar-refractivity contribution in [2.24, 2.45) is 0 Å². The molecule has 0 atom stereocenters. The Morgan fingerprint density at radius 2 is 1.76 bits per heavy atom. The number of nitrogens with one attached hydrogen (secondary N) is 2. The van der Waals surface area contributed by atoms with Crippen molar-refractivity contribution in [1.29, 1.82) is 0 Å². The molecule has 1 aliphatic carbocycles. The van der Waals surface area contributed by atoms with Crippen LogP contribution in [0.1, 0.15) is 56.9 Å². The van der Waals surface area contributed by atoms with Crippen molar-refractivity contribution in [2.45, 2.75) is 58.0 Å². The van der Waals surface area contributed by atoms with Crippen molar-refractivity contribution in [3.05, 3.63) is 42.1 Å². The molecule has 1 fully saturated rings. The first-order valence-electron chi connectivity index (χ1n) is 8.94. The molecule has 1 heterocycles. The van der Waals surface area contributed by atoms with Crippen LogP contribution < -0.4 is 10.6 Å². The second kappa shape index (κ2) is 7.21. The van der Waals surface area contributed by atoms with E-state index in [1.165, 1.54) is 12.8 Å². The summed E-state index contributed by atoms with van der Waals surface area (Å²) in [5.74, 6) is 1.10. The predicted molar refractivity (Wildman–Crippen MR) is 101 cm³/mol. The van der Waals surface area contributed by atoms with E-state index in [4.69, 9.17) is 0 Å². The van der Waals surface area contributed by atoms with Crippen molar-refractivity contribution in [2.75, 3.05) is 5.32 Å². The Balaban J connectivity index is 1.92. The molecule has 1 aliphatic rings. The molecule has 0 aliphatic heterocycles. The van der Waals surface area contributed by atoms with Gasteiger partial charge in [-0.2, -0.15) is 0 Å². The van der Waals surface area contributed by atoms with Gasteiger partial charge in [0.2, 0.25) is 0 Å². The van der Waals surface area contributed by atoms with Crippen LogP contribution in [0.15, 0.2) is 36.4 Å². The summed E-state index contributed by atoms with van der Waals surface area (Å²) in [6.45, 7) is 6.20. The minimum Gasteiger partial charge on any atom is -0.365 e. The molecule has 0 spiro atoms. The van der Waals surface area contributed by atoms with Crippen LogP contribution in [0.3, 0.4) is 0 Å². The van der Waals surface area contributed by atoms with Gasteiger partial charge in [0.05, 0.1) is 0 Å². The first kappa shape index (κ1) is 17.4. The van der Waals surface area contributed by atoms with Gasteiger partial charge in [0.15, 0.2) is 5.82 Å². The lowest BCUT2D eigenvalue weighted by Crippen LogP contribution is -2.33. The molecule has 1 saturated carbocycles. The van der Waals surface area contributed by atoms with Crippen LogP contribution in [0.2, 0.25) is 0 Å². The van der Waals surface area contributed by atoms with Crippen LogP contribution in [0, 0.1) is 0 Å². The van der Waals surface area contributed by atoms with E-state index in [1.54, 1.807) is 6.07 Å². The fourth-order valence-corrected chi connectivity index (χ4v) is 3.06. The van der Waals surface area contributed by atoms with Crippen molar-refractivity contribution < 1.29 is 4.79 Å². The number of hydrogen-bond donors (Lipinski definition) is 2. The summed E-state index contributed by atoms with van der Waals surface area (Å²) in [5.41, 5.74) is 1.16. The molecule has 0 unspecified atom stereocenters. The summed E-state index contributed by atoms with van der Waals surface area (Å²) in [6, 6.07) is 11.8. The number of nitrogens with zero attached hydrogens (tertiary/aromatic N) is 2. The number of rotatable bonds is 4. The maximum Gasteiger partial charge on any atom is 0.270 e. The number of anilines is 1. The Morgan fingerprint density at radius 1 is 1.08 bits per heavy atom. The molecule has 2 N–H and O–H groups in total. The third-order valence-electron chi connectivity index (χ3n) is 4.18. The molecule has 3 rings (SSSR count). The lowest BCUT2D eigenvalue weighted by atomic mass is 10.1. The zero-order valence-corrected chi connectivity index (χ0v) is 15.2. The zero-order valence-electron chi connectivity index (χ0n) is 15.2. The summed E-state index contributed by atoms with van der Waals surface area (Å²) in [4.78, 5) is 21.8. The summed E-state index contributed by atoms with van der Waals surface area (Å²) < 4.78 is 0. The Morgan fingerprint density at radius 3 is 2.40 bits per heavy atom. The highest BCUT2D eigenvalue weighted by Gasteiger charge is 2.21. The van der Waals surface area contributed by atoms with Gasteiger partial charge in [-0.15, -0.1) is 0 Å². The number of hydrogen-bond acceptors (Lipinski definition) is 4. The van der Waals surface area contributed by atoms with Gasteiger partial charge in [-0.25, -0.2) is 9.97 Å². The molecule has 0 radical (unpaired) electrons. The minimum absolute atomic E-state index is 0.122. The van der Waals surface area contributed by atoms with E-state index >= 15 is 0 Å². The summed E-state index contributed by atoms with van der Waals surface area (Å²) in [5, 5.41) is 6.46. The molecular weight excluding hydrogens is 312 g/mol. The highest BCUT2D eigenvalue weighted by atomic mass is 16.1. The topological polar surface area (TPSA) is 66.9 Å². The average molecular weight is 338 g/mol. The Bertz CT molecular complexity index is 731. The second-order valence-corrected chi connectivity index (χ2v) is 7.66. The van der Waals surface area contributed by atoms with Gasteiger partial charge in [-0.3, -0.25) is 4.79 Å². The fraction of sp³-hybridized carbons (Fsp3) is 0.450. The first-order valence-corrected chi connectivity index (χ1v) is 8.94. The fourth-order valence-electron chi connectivity index (χ4n) is 3.06. The molecule has 5 nitrogen and oxygen atoms in total. The molecule has 132 valence electrons. The first-order chi connectivity index (χ1) is 11.9. The maximum absolute atomic E-state index is 12.7. The largest absolute Gasteiger partial charge is 0.365 e. The third-order valence-corrected chi connectivity index (χ3v) is 4.18. The number of amides is 1. The standard InChI is InChI=1S/C20H26N4O/c1-20(2,3)24-17-13-16(19(25)21-15-11-7-8-12-15)22-18(23-17)14-9-5-4-6-10-14/h4-6,9-10,13,15H,7-8,11-12H2,1-3H3,(H,21,25)(H,22,23,24). The maximum atomic E-state index is 12.7. The van der Waals surface area contributed by atoms with Gasteiger partial charge in [0.1, 0.15) is 11.5 Å². The monoisotopic (exact) mass is 338 g/mol. The van der Waals surface area contributed by atoms with Gasteiger partial charge in [0.25, 0.3) is 5.91 Å². The normalized spacial score (nSPS) is 15.2. The summed E-state index contributed by atoms with van der Waals surface area (Å²) in [6.07, 6.45) is 4.46. The molecule has 1 amide bonds. The van der Waals surface area contributed by atoms with Crippen molar-refractivity contribution >= 4 is 11.7 Å². The third kappa shape index (κ3) is 4.78. The van der Waals surface area contributed by atoms with E-state index in [-0.39, 0.29) is 17.5 Å².